The molecule has 4 nitrogen and oxygen atoms in total. The molecule has 1 amide bonds. The lowest BCUT2D eigenvalue weighted by Crippen LogP contribution is -2.37. The number of amides is 1. The monoisotopic (exact) mass is 330 g/mol. The Morgan fingerprint density at radius 3 is 2.83 bits per heavy atom. The number of carbonyl (C=O) groups excluding carboxylic acids is 1. The van der Waals surface area contributed by atoms with Crippen molar-refractivity contribution in [3.8, 4) is 0 Å². The Kier molecular flexibility index (Phi) is 6.27. The summed E-state index contributed by atoms with van der Waals surface area (Å²) < 4.78 is 0. The molecule has 2 N–H and O–H groups in total. The number of nitrogens with one attached hydrogen (secondary N) is 1. The van der Waals surface area contributed by atoms with Gasteiger partial charge in [-0.25, -0.2) is 0 Å². The Balaban J connectivity index is 1.36. The van der Waals surface area contributed by atoms with Gasteiger partial charge in [0.1, 0.15) is 0 Å². The molecule has 1 aliphatic heterocycles. The van der Waals surface area contributed by atoms with Gasteiger partial charge in [-0.05, 0) is 62.1 Å². The Bertz CT molecular complexity index is 538. The molecule has 1 unspecified atom stereocenters. The molecule has 0 saturated carbocycles. The average Bonchev–Trinajstić information content (AvgIpc) is 2.61. The van der Waals surface area contributed by atoms with Crippen LogP contribution in [0.2, 0.25) is 0 Å². The van der Waals surface area contributed by atoms with Crippen LogP contribution in [0.25, 0.3) is 0 Å². The van der Waals surface area contributed by atoms with Crippen molar-refractivity contribution in [3.63, 3.8) is 0 Å². The van der Waals surface area contributed by atoms with E-state index in [2.05, 4.69) is 34.5 Å². The predicted octanol–water partition coefficient (Wildman–Crippen LogP) is 2.46. The number of likely N-dealkylation sites (tertiary alicyclic amines) is 1. The van der Waals surface area contributed by atoms with Gasteiger partial charge in [-0.1, -0.05) is 24.3 Å². The minimum absolute atomic E-state index is 0.112. The summed E-state index contributed by atoms with van der Waals surface area (Å²) in [6, 6.07) is 8.58. The number of aryl methyl sites for hydroxylation is 1. The third-order valence-corrected chi connectivity index (χ3v) is 5.46. The molecule has 1 aromatic rings. The number of hydrogen-bond acceptors (Lipinski definition) is 3. The van der Waals surface area contributed by atoms with E-state index in [9.17, 15) is 9.90 Å². The number of piperidine rings is 1. The number of carbonyl (C=O) groups is 1. The number of fused-ring (bicyclic) bond motifs is 1. The minimum Gasteiger partial charge on any atom is -0.393 e. The molecule has 2 aliphatic rings. The molecule has 132 valence electrons. The van der Waals surface area contributed by atoms with Crippen LogP contribution < -0.4 is 5.32 Å². The Hall–Kier alpha value is -1.39. The average molecular weight is 330 g/mol. The molecule has 4 heteroatoms. The van der Waals surface area contributed by atoms with Gasteiger partial charge < -0.3 is 15.3 Å². The zero-order valence-electron chi connectivity index (χ0n) is 14.5. The highest BCUT2D eigenvalue weighted by Gasteiger charge is 2.22. The van der Waals surface area contributed by atoms with Gasteiger partial charge in [-0.2, -0.15) is 0 Å². The van der Waals surface area contributed by atoms with E-state index in [1.54, 1.807) is 0 Å². The first-order valence-electron chi connectivity index (χ1n) is 9.47. The van der Waals surface area contributed by atoms with Crippen LogP contribution in [0.1, 0.15) is 55.6 Å². The molecule has 1 aromatic carbocycles. The summed E-state index contributed by atoms with van der Waals surface area (Å²) in [6.45, 7) is 3.73. The topological polar surface area (TPSA) is 52.6 Å². The quantitative estimate of drug-likeness (QED) is 0.788. The highest BCUT2D eigenvalue weighted by molar-refractivity contribution is 5.77. The summed E-state index contributed by atoms with van der Waals surface area (Å²) in [5, 5.41) is 12.6. The van der Waals surface area contributed by atoms with Crippen LogP contribution in [0.3, 0.4) is 0 Å². The first kappa shape index (κ1) is 17.4. The van der Waals surface area contributed by atoms with Gasteiger partial charge in [0.15, 0.2) is 0 Å². The lowest BCUT2D eigenvalue weighted by atomic mass is 9.81. The van der Waals surface area contributed by atoms with Gasteiger partial charge in [-0.15, -0.1) is 0 Å². The zero-order chi connectivity index (χ0) is 16.8. The number of aliphatic hydroxyl groups excluding tert-OH is 1. The molecule has 0 bridgehead atoms. The molecular formula is C20H30N2O2. The molecule has 1 atom stereocenters. The molecule has 0 aromatic heterocycles. The summed E-state index contributed by atoms with van der Waals surface area (Å²) in [5.41, 5.74) is 2.81. The van der Waals surface area contributed by atoms with Crippen molar-refractivity contribution < 1.29 is 9.90 Å². The maximum Gasteiger partial charge on any atom is 0.220 e. The molecule has 1 aliphatic carbocycles. The molecule has 1 saturated heterocycles. The second-order valence-electron chi connectivity index (χ2n) is 7.27. The van der Waals surface area contributed by atoms with Crippen LogP contribution >= 0.6 is 0 Å². The molecule has 3 rings (SSSR count). The first-order valence-corrected chi connectivity index (χ1v) is 9.47. The van der Waals surface area contributed by atoms with Crippen molar-refractivity contribution in [3.05, 3.63) is 35.4 Å². The zero-order valence-corrected chi connectivity index (χ0v) is 14.5. The molecule has 1 fully saturated rings. The maximum atomic E-state index is 12.3. The van der Waals surface area contributed by atoms with Crippen LogP contribution in [-0.2, 0) is 11.2 Å². The van der Waals surface area contributed by atoms with Crippen molar-refractivity contribution in [1.82, 2.24) is 10.2 Å². The lowest BCUT2D eigenvalue weighted by Gasteiger charge is -2.29. The molecule has 0 spiro atoms. The third kappa shape index (κ3) is 4.81. The number of rotatable bonds is 6. The summed E-state index contributed by atoms with van der Waals surface area (Å²) in [4.78, 5) is 14.6. The van der Waals surface area contributed by atoms with Crippen LogP contribution in [0.4, 0.5) is 0 Å². The summed E-state index contributed by atoms with van der Waals surface area (Å²) in [6.07, 6.45) is 6.73. The summed E-state index contributed by atoms with van der Waals surface area (Å²) in [5.74, 6) is 0.573. The van der Waals surface area contributed by atoms with Crippen molar-refractivity contribution in [2.75, 3.05) is 26.2 Å². The van der Waals surface area contributed by atoms with Crippen molar-refractivity contribution >= 4 is 5.91 Å². The van der Waals surface area contributed by atoms with Gasteiger partial charge in [0.2, 0.25) is 5.91 Å². The van der Waals surface area contributed by atoms with Crippen LogP contribution in [0, 0.1) is 0 Å². The lowest BCUT2D eigenvalue weighted by molar-refractivity contribution is -0.121. The van der Waals surface area contributed by atoms with Crippen LogP contribution in [-0.4, -0.2) is 48.2 Å². The van der Waals surface area contributed by atoms with E-state index in [4.69, 9.17) is 0 Å². The van der Waals surface area contributed by atoms with Crippen molar-refractivity contribution in [2.24, 2.45) is 0 Å². The molecule has 0 radical (unpaired) electrons. The van der Waals surface area contributed by atoms with Gasteiger partial charge in [0, 0.05) is 26.1 Å². The number of hydrogen-bond donors (Lipinski definition) is 2. The highest BCUT2D eigenvalue weighted by Crippen LogP contribution is 2.33. The molecule has 24 heavy (non-hydrogen) atoms. The summed E-state index contributed by atoms with van der Waals surface area (Å²) in [7, 11) is 0. The second kappa shape index (κ2) is 8.63. The standard InChI is InChI=1S/C20H30N2O2/c23-18-9-13-22(14-10-18)12-4-11-21-20(24)15-17-7-3-6-16-5-1-2-8-19(16)17/h1-2,5,8,17-18,23H,3-4,6-7,9-15H2,(H,21,24). The fourth-order valence-corrected chi connectivity index (χ4v) is 4.04. The second-order valence-corrected chi connectivity index (χ2v) is 7.27. The van der Waals surface area contributed by atoms with Gasteiger partial charge >= 0.3 is 0 Å². The fraction of sp³-hybridized carbons (Fsp3) is 0.650. The predicted molar refractivity (Wildman–Crippen MR) is 96.0 cm³/mol. The van der Waals surface area contributed by atoms with Crippen molar-refractivity contribution in [2.45, 2.75) is 57.0 Å². The van der Waals surface area contributed by atoms with E-state index in [-0.39, 0.29) is 12.0 Å². The van der Waals surface area contributed by atoms with Gasteiger partial charge in [0.05, 0.1) is 6.10 Å². The number of benzene rings is 1. The van der Waals surface area contributed by atoms with Gasteiger partial charge in [-0.3, -0.25) is 4.79 Å². The Labute approximate surface area is 145 Å². The van der Waals surface area contributed by atoms with E-state index in [1.165, 1.54) is 17.5 Å². The van der Waals surface area contributed by atoms with E-state index in [0.29, 0.717) is 12.3 Å². The van der Waals surface area contributed by atoms with Crippen molar-refractivity contribution in [1.29, 1.82) is 0 Å². The molecule has 1 heterocycles. The van der Waals surface area contributed by atoms with E-state index >= 15 is 0 Å². The largest absolute Gasteiger partial charge is 0.393 e. The number of nitrogens with zero attached hydrogens (tertiary/aromatic N) is 1. The van der Waals surface area contributed by atoms with Crippen LogP contribution in [0.15, 0.2) is 24.3 Å². The van der Waals surface area contributed by atoms with E-state index < -0.39 is 0 Å². The van der Waals surface area contributed by atoms with E-state index in [0.717, 1.165) is 58.3 Å². The minimum atomic E-state index is -0.112. The normalized spacial score (nSPS) is 22.1. The van der Waals surface area contributed by atoms with E-state index in [1.807, 2.05) is 0 Å². The number of aliphatic hydroxyl groups is 1. The SMILES string of the molecule is O=C(CC1CCCc2ccccc21)NCCCN1CCC(O)CC1. The smallest absolute Gasteiger partial charge is 0.220 e. The highest BCUT2D eigenvalue weighted by atomic mass is 16.3. The third-order valence-electron chi connectivity index (χ3n) is 5.46. The Morgan fingerprint density at radius 2 is 2.00 bits per heavy atom. The Morgan fingerprint density at radius 1 is 1.21 bits per heavy atom. The fourth-order valence-electron chi connectivity index (χ4n) is 4.04. The van der Waals surface area contributed by atoms with Gasteiger partial charge in [0.25, 0.3) is 0 Å². The van der Waals surface area contributed by atoms with Crippen LogP contribution in [0.5, 0.6) is 0 Å². The first-order chi connectivity index (χ1) is 11.7. The summed E-state index contributed by atoms with van der Waals surface area (Å²) >= 11 is 0. The maximum absolute atomic E-state index is 12.3. The molecular weight excluding hydrogens is 300 g/mol.